The van der Waals surface area contributed by atoms with Gasteiger partial charge in [0.05, 0.1) is 21.6 Å². The third-order valence-electron chi connectivity index (χ3n) is 2.84. The Morgan fingerprint density at radius 3 is 2.57 bits per heavy atom. The molecular weight excluding hydrogens is 312 g/mol. The molecule has 1 atom stereocenters. The Morgan fingerprint density at radius 2 is 2.00 bits per heavy atom. The number of imidazole rings is 1. The Hall–Kier alpha value is -1.87. The number of H-pyrrole nitrogens is 1. The van der Waals surface area contributed by atoms with E-state index in [1.165, 1.54) is 25.6 Å². The Balaban J connectivity index is 2.37. The second kappa shape index (κ2) is 5.49. The van der Waals surface area contributed by atoms with Crippen molar-refractivity contribution in [3.05, 3.63) is 36.3 Å². The van der Waals surface area contributed by atoms with Gasteiger partial charge in [-0.05, 0) is 25.1 Å². The third-order valence-corrected chi connectivity index (χ3v) is 5.96. The fourth-order valence-electron chi connectivity index (χ4n) is 1.65. The quantitative estimate of drug-likeness (QED) is 0.889. The molecule has 0 saturated carbocycles. The van der Waals surface area contributed by atoms with Crippen LogP contribution in [0.4, 0.5) is 5.69 Å². The highest BCUT2D eigenvalue weighted by Crippen LogP contribution is 2.19. The second-order valence-electron chi connectivity index (χ2n) is 4.45. The lowest BCUT2D eigenvalue weighted by Gasteiger charge is -2.09. The van der Waals surface area contributed by atoms with Crippen LogP contribution in [-0.4, -0.2) is 35.9 Å². The minimum absolute atomic E-state index is 0.0252. The largest absolute Gasteiger partial charge is 0.332 e. The molecule has 1 unspecified atom stereocenters. The number of hydrogen-bond acceptors (Lipinski definition) is 5. The molecule has 114 valence electrons. The normalized spacial score (nSPS) is 14.4. The Labute approximate surface area is 124 Å². The van der Waals surface area contributed by atoms with Crippen molar-refractivity contribution >= 4 is 25.4 Å². The van der Waals surface area contributed by atoms with Gasteiger partial charge in [0.1, 0.15) is 5.82 Å². The number of aryl methyl sites for hydroxylation is 1. The molecule has 2 rings (SSSR count). The number of aromatic nitrogens is 2. The molecular formula is C12H16N4O3S2. The number of hydrogen-bond donors (Lipinski definition) is 2. The fourth-order valence-corrected chi connectivity index (χ4v) is 3.55. The van der Waals surface area contributed by atoms with Crippen LogP contribution in [-0.2, 0) is 19.8 Å². The molecule has 1 heterocycles. The van der Waals surface area contributed by atoms with Crippen molar-refractivity contribution in [2.45, 2.75) is 16.8 Å². The van der Waals surface area contributed by atoms with Gasteiger partial charge in [-0.1, -0.05) is 6.07 Å². The first-order valence-electron chi connectivity index (χ1n) is 5.99. The van der Waals surface area contributed by atoms with Crippen molar-refractivity contribution in [1.82, 2.24) is 9.97 Å². The predicted molar refractivity (Wildman–Crippen MR) is 81.3 cm³/mol. The average Bonchev–Trinajstić information content (AvgIpc) is 2.86. The molecule has 7 nitrogen and oxygen atoms in total. The van der Waals surface area contributed by atoms with Gasteiger partial charge in [-0.3, -0.25) is 4.72 Å². The van der Waals surface area contributed by atoms with Gasteiger partial charge in [0.2, 0.25) is 0 Å². The van der Waals surface area contributed by atoms with Gasteiger partial charge in [-0.2, -0.15) is 8.42 Å². The van der Waals surface area contributed by atoms with Gasteiger partial charge < -0.3 is 4.98 Å². The molecule has 1 aromatic heterocycles. The standard InChI is InChI=1S/C12H16N4O3S2/c1-9-14-8-12(15-9)21(18,19)16-10-5-4-6-11(7-10)20(3,17)13-2/h4-8,16H,1-3H3,(H,14,15). The van der Waals surface area contributed by atoms with Crippen LogP contribution in [0.2, 0.25) is 0 Å². The SMILES string of the molecule is CN=S(C)(=O)c1cccc(NS(=O)(=O)c2cnc(C)[nH]2)c1. The summed E-state index contributed by atoms with van der Waals surface area (Å²) in [5.41, 5.74) is 0.318. The molecule has 0 amide bonds. The van der Waals surface area contributed by atoms with E-state index in [1.807, 2.05) is 0 Å². The maximum Gasteiger partial charge on any atom is 0.278 e. The Morgan fingerprint density at radius 1 is 1.29 bits per heavy atom. The molecule has 9 heteroatoms. The highest BCUT2D eigenvalue weighted by molar-refractivity contribution is 7.93. The molecule has 0 spiro atoms. The van der Waals surface area contributed by atoms with Crippen molar-refractivity contribution in [2.75, 3.05) is 18.0 Å². The topological polar surface area (TPSA) is 104 Å². The van der Waals surface area contributed by atoms with E-state index in [1.54, 1.807) is 25.1 Å². The molecule has 0 aliphatic heterocycles. The monoisotopic (exact) mass is 328 g/mol. The molecule has 0 saturated heterocycles. The van der Waals surface area contributed by atoms with E-state index in [-0.39, 0.29) is 5.03 Å². The summed E-state index contributed by atoms with van der Waals surface area (Å²) in [6.07, 6.45) is 2.74. The number of sulfonamides is 1. The molecule has 0 fully saturated rings. The van der Waals surface area contributed by atoms with E-state index < -0.39 is 19.8 Å². The average molecular weight is 328 g/mol. The van der Waals surface area contributed by atoms with Crippen LogP contribution in [0.25, 0.3) is 0 Å². The summed E-state index contributed by atoms with van der Waals surface area (Å²) < 4.78 is 42.8. The van der Waals surface area contributed by atoms with Crippen molar-refractivity contribution in [3.8, 4) is 0 Å². The summed E-state index contributed by atoms with van der Waals surface area (Å²) in [5.74, 6) is 0.505. The summed E-state index contributed by atoms with van der Waals surface area (Å²) >= 11 is 0. The van der Waals surface area contributed by atoms with Crippen LogP contribution in [0, 0.1) is 6.92 Å². The van der Waals surface area contributed by atoms with Gasteiger partial charge in [0.15, 0.2) is 5.03 Å². The zero-order valence-electron chi connectivity index (χ0n) is 11.8. The number of nitrogens with one attached hydrogen (secondary N) is 2. The van der Waals surface area contributed by atoms with Crippen molar-refractivity contribution in [2.24, 2.45) is 4.36 Å². The highest BCUT2D eigenvalue weighted by atomic mass is 32.2. The van der Waals surface area contributed by atoms with E-state index in [2.05, 4.69) is 19.1 Å². The molecule has 2 N–H and O–H groups in total. The van der Waals surface area contributed by atoms with Gasteiger partial charge in [-0.15, -0.1) is 0 Å². The van der Waals surface area contributed by atoms with Crippen LogP contribution in [0.5, 0.6) is 0 Å². The molecule has 0 aliphatic carbocycles. The zero-order valence-corrected chi connectivity index (χ0v) is 13.5. The lowest BCUT2D eigenvalue weighted by Crippen LogP contribution is -2.13. The van der Waals surface area contributed by atoms with E-state index in [4.69, 9.17) is 0 Å². The van der Waals surface area contributed by atoms with Crippen LogP contribution in [0.1, 0.15) is 5.82 Å². The predicted octanol–water partition coefficient (Wildman–Crippen LogP) is 1.61. The van der Waals surface area contributed by atoms with Gasteiger partial charge in [0.25, 0.3) is 10.0 Å². The minimum Gasteiger partial charge on any atom is -0.332 e. The number of nitrogens with zero attached hydrogens (tertiary/aromatic N) is 2. The van der Waals surface area contributed by atoms with E-state index in [0.717, 1.165) is 0 Å². The third kappa shape index (κ3) is 3.42. The van der Waals surface area contributed by atoms with E-state index in [9.17, 15) is 12.6 Å². The maximum absolute atomic E-state index is 12.2. The first kappa shape index (κ1) is 15.5. The number of aromatic amines is 1. The first-order chi connectivity index (χ1) is 9.74. The molecule has 0 bridgehead atoms. The lowest BCUT2D eigenvalue weighted by molar-refractivity contribution is 0.598. The van der Waals surface area contributed by atoms with Crippen LogP contribution in [0.3, 0.4) is 0 Å². The maximum atomic E-state index is 12.2. The second-order valence-corrected chi connectivity index (χ2v) is 8.54. The number of anilines is 1. The summed E-state index contributed by atoms with van der Waals surface area (Å²) in [5, 5.41) is -0.0252. The van der Waals surface area contributed by atoms with Crippen LogP contribution >= 0.6 is 0 Å². The molecule has 0 radical (unpaired) electrons. The Bertz CT molecular complexity index is 877. The van der Waals surface area contributed by atoms with Gasteiger partial charge >= 0.3 is 0 Å². The van der Waals surface area contributed by atoms with E-state index in [0.29, 0.717) is 16.4 Å². The molecule has 21 heavy (non-hydrogen) atoms. The Kier molecular flexibility index (Phi) is 4.06. The van der Waals surface area contributed by atoms with Crippen molar-refractivity contribution in [1.29, 1.82) is 0 Å². The van der Waals surface area contributed by atoms with Crippen molar-refractivity contribution < 1.29 is 12.6 Å². The minimum atomic E-state index is -3.75. The van der Waals surface area contributed by atoms with E-state index >= 15 is 0 Å². The fraction of sp³-hybridized carbons (Fsp3) is 0.250. The van der Waals surface area contributed by atoms with Crippen LogP contribution < -0.4 is 4.72 Å². The molecule has 1 aromatic carbocycles. The van der Waals surface area contributed by atoms with Crippen molar-refractivity contribution in [3.63, 3.8) is 0 Å². The number of benzene rings is 1. The van der Waals surface area contributed by atoms with Crippen LogP contribution in [0.15, 0.2) is 44.7 Å². The lowest BCUT2D eigenvalue weighted by atomic mass is 10.3. The molecule has 2 aromatic rings. The summed E-state index contributed by atoms with van der Waals surface area (Å²) in [6.45, 7) is 1.66. The highest BCUT2D eigenvalue weighted by Gasteiger charge is 2.17. The van der Waals surface area contributed by atoms with Gasteiger partial charge in [-0.25, -0.2) is 13.6 Å². The summed E-state index contributed by atoms with van der Waals surface area (Å²) in [7, 11) is -4.80. The first-order valence-corrected chi connectivity index (χ1v) is 9.40. The molecule has 0 aliphatic rings. The summed E-state index contributed by atoms with van der Waals surface area (Å²) in [4.78, 5) is 6.98. The zero-order chi connectivity index (χ0) is 15.7. The van der Waals surface area contributed by atoms with Gasteiger partial charge in [0, 0.05) is 18.2 Å². The number of rotatable bonds is 4. The summed E-state index contributed by atoms with van der Waals surface area (Å²) in [6, 6.07) is 6.36. The smallest absolute Gasteiger partial charge is 0.278 e.